The van der Waals surface area contributed by atoms with Crippen molar-refractivity contribution >= 4 is 48.4 Å². The minimum atomic E-state index is -6.04. The second-order valence-electron chi connectivity index (χ2n) is 6.76. The number of fused-ring (bicyclic) bond motifs is 1. The number of hydrogen-bond acceptors (Lipinski definition) is 15. The normalized spacial score (nSPS) is 28.0. The van der Waals surface area contributed by atoms with Gasteiger partial charge in [0.15, 0.2) is 17.4 Å². The maximum absolute atomic E-state index is 12.0. The van der Waals surface area contributed by atoms with Crippen LogP contribution in [0.1, 0.15) is 6.23 Å². The van der Waals surface area contributed by atoms with E-state index in [1.165, 1.54) is 0 Å². The van der Waals surface area contributed by atoms with E-state index < -0.39 is 68.0 Å². The van der Waals surface area contributed by atoms with E-state index in [1.54, 1.807) is 0 Å². The van der Waals surface area contributed by atoms with Gasteiger partial charge in [0.2, 0.25) is 5.95 Å². The third-order valence-electron chi connectivity index (χ3n) is 4.09. The van der Waals surface area contributed by atoms with Gasteiger partial charge in [0, 0.05) is 0 Å². The highest BCUT2D eigenvalue weighted by atomic mass is 31.3. The van der Waals surface area contributed by atoms with Crippen molar-refractivity contribution in [3.05, 3.63) is 16.7 Å². The molecule has 3 rings (SSSR count). The van der Waals surface area contributed by atoms with Gasteiger partial charge in [-0.3, -0.25) is 18.9 Å². The average Bonchev–Trinajstić information content (AvgIpc) is 3.18. The van der Waals surface area contributed by atoms with E-state index in [2.05, 4.69) is 32.4 Å². The van der Waals surface area contributed by atoms with Crippen LogP contribution in [0.3, 0.4) is 0 Å². The van der Waals surface area contributed by atoms with Crippen LogP contribution < -0.4 is 11.3 Å². The number of nitrogens with two attached hydrogens (primary N) is 1. The van der Waals surface area contributed by atoms with Crippen molar-refractivity contribution in [2.45, 2.75) is 24.5 Å². The number of nitrogen functional groups attached to an aromatic ring is 1. The molecule has 22 nitrogen and oxygen atoms in total. The molecule has 10 N–H and O–H groups in total. The number of H-pyrrole nitrogens is 1. The number of ether oxygens (including phenoxy) is 1. The summed E-state index contributed by atoms with van der Waals surface area (Å²) < 4.78 is 66.7. The van der Waals surface area contributed by atoms with Gasteiger partial charge in [0.1, 0.15) is 18.3 Å². The van der Waals surface area contributed by atoms with Crippen molar-refractivity contribution < 1.29 is 75.1 Å². The Bertz CT molecular complexity index is 1390. The Morgan fingerprint density at radius 3 is 2.19 bits per heavy atom. The average molecular weight is 603 g/mol. The third kappa shape index (κ3) is 7.12. The molecule has 0 aromatic carbocycles. The summed E-state index contributed by atoms with van der Waals surface area (Å²) in [5.41, 5.74) is 4.38. The van der Waals surface area contributed by atoms with Crippen LogP contribution in [-0.4, -0.2) is 79.1 Å². The molecule has 1 fully saturated rings. The van der Waals surface area contributed by atoms with E-state index in [0.29, 0.717) is 0 Å². The van der Waals surface area contributed by atoms with E-state index >= 15 is 0 Å². The molecule has 2 aromatic rings. The number of aromatic nitrogens is 4. The number of anilines is 1. The molecule has 5 unspecified atom stereocenters. The van der Waals surface area contributed by atoms with Gasteiger partial charge in [0.25, 0.3) is 5.56 Å². The Morgan fingerprint density at radius 1 is 1.00 bits per heavy atom. The molecule has 36 heavy (non-hydrogen) atoms. The van der Waals surface area contributed by atoms with Crippen molar-refractivity contribution in [2.24, 2.45) is 0 Å². The fourth-order valence-electron chi connectivity index (χ4n) is 2.84. The Balaban J connectivity index is 1.68. The Hall–Kier alpha value is -1.41. The zero-order valence-electron chi connectivity index (χ0n) is 17.0. The molecule has 0 saturated carbocycles. The molecule has 1 aliphatic rings. The molecule has 2 aromatic heterocycles. The summed E-state index contributed by atoms with van der Waals surface area (Å²) in [4.78, 5) is 66.6. The van der Waals surface area contributed by atoms with Crippen molar-refractivity contribution in [1.82, 2.24) is 19.5 Å². The first kappa shape index (κ1) is 29.2. The lowest BCUT2D eigenvalue weighted by Crippen LogP contribution is -2.33. The number of nitrogens with one attached hydrogen (secondary N) is 1. The van der Waals surface area contributed by atoms with Crippen LogP contribution in [0.15, 0.2) is 11.1 Å². The highest BCUT2D eigenvalue weighted by Gasteiger charge is 2.48. The quantitative estimate of drug-likeness (QED) is 0.130. The number of hydrogen-bond donors (Lipinski definition) is 9. The SMILES string of the molecule is Nc1nc2c(ncn2[C@@H]2O[C@H](COP(=O)(O)OP(=O)(O)OP(=O)(O)OP(=O)(O)O)C(O)C2O)c(=O)[nH]1. The third-order valence-corrected chi connectivity index (χ3v) is 9.54. The molecular formula is C10H17N5O17P4. The molecule has 0 amide bonds. The molecule has 26 heteroatoms. The molecule has 1 saturated heterocycles. The minimum absolute atomic E-state index is 0.158. The number of phosphoric ester groups is 1. The molecule has 0 bridgehead atoms. The van der Waals surface area contributed by atoms with E-state index in [4.69, 9.17) is 25.2 Å². The molecule has 7 atom stereocenters. The smallest absolute Gasteiger partial charge is 0.387 e. The summed E-state index contributed by atoms with van der Waals surface area (Å²) in [6.45, 7) is -1.11. The summed E-state index contributed by atoms with van der Waals surface area (Å²) >= 11 is 0. The monoisotopic (exact) mass is 603 g/mol. The maximum atomic E-state index is 12.0. The molecule has 0 spiro atoms. The number of aromatic amines is 1. The summed E-state index contributed by atoms with van der Waals surface area (Å²) in [6, 6.07) is 0. The van der Waals surface area contributed by atoms with Gasteiger partial charge >= 0.3 is 31.3 Å². The lowest BCUT2D eigenvalue weighted by molar-refractivity contribution is -0.0503. The fraction of sp³-hybridized carbons (Fsp3) is 0.500. The first-order valence-corrected chi connectivity index (χ1v) is 14.9. The first-order valence-electron chi connectivity index (χ1n) is 8.85. The predicted octanol–water partition coefficient (Wildman–Crippen LogP) is -2.22. The maximum Gasteiger partial charge on any atom is 0.490 e. The van der Waals surface area contributed by atoms with E-state index in [1.807, 2.05) is 0 Å². The van der Waals surface area contributed by atoms with Crippen LogP contribution in [0.4, 0.5) is 5.95 Å². The molecule has 3 heterocycles. The number of aliphatic hydroxyl groups excluding tert-OH is 2. The summed E-state index contributed by atoms with van der Waals surface area (Å²) in [7, 11) is -23.4. The number of rotatable bonds is 10. The van der Waals surface area contributed by atoms with Crippen LogP contribution in [0.2, 0.25) is 0 Å². The van der Waals surface area contributed by atoms with Crippen LogP contribution >= 0.6 is 31.3 Å². The molecule has 204 valence electrons. The highest BCUT2D eigenvalue weighted by Crippen LogP contribution is 2.70. The van der Waals surface area contributed by atoms with Crippen molar-refractivity contribution in [1.29, 1.82) is 0 Å². The van der Waals surface area contributed by atoms with E-state index in [0.717, 1.165) is 10.9 Å². The van der Waals surface area contributed by atoms with Gasteiger partial charge in [-0.25, -0.2) is 23.2 Å². The van der Waals surface area contributed by atoms with Crippen molar-refractivity contribution in [3.63, 3.8) is 0 Å². The lowest BCUT2D eigenvalue weighted by atomic mass is 10.1. The van der Waals surface area contributed by atoms with E-state index in [9.17, 15) is 43.1 Å². The summed E-state index contributed by atoms with van der Waals surface area (Å²) in [5.74, 6) is -0.310. The molecule has 0 radical (unpaired) electrons. The number of nitrogens with zero attached hydrogens (tertiary/aromatic N) is 3. The zero-order chi connectivity index (χ0) is 27.3. The first-order chi connectivity index (χ1) is 16.3. The van der Waals surface area contributed by atoms with Crippen LogP contribution in [-0.2, 0) is 40.5 Å². The number of imidazole rings is 1. The molecule has 1 aliphatic heterocycles. The van der Waals surface area contributed by atoms with Gasteiger partial charge in [0.05, 0.1) is 12.9 Å². The largest absolute Gasteiger partial charge is 0.490 e. The van der Waals surface area contributed by atoms with Gasteiger partial charge < -0.3 is 45.2 Å². The number of aliphatic hydroxyl groups is 2. The number of phosphoric acid groups is 4. The summed E-state index contributed by atoms with van der Waals surface area (Å²) in [6.07, 6.45) is -5.66. The van der Waals surface area contributed by atoms with Crippen LogP contribution in [0.25, 0.3) is 11.2 Å². The van der Waals surface area contributed by atoms with Crippen LogP contribution in [0.5, 0.6) is 0 Å². The van der Waals surface area contributed by atoms with Gasteiger partial charge in [-0.2, -0.15) is 17.9 Å². The minimum Gasteiger partial charge on any atom is -0.387 e. The van der Waals surface area contributed by atoms with Crippen molar-refractivity contribution in [2.75, 3.05) is 12.3 Å². The zero-order valence-corrected chi connectivity index (χ0v) is 20.6. The summed E-state index contributed by atoms with van der Waals surface area (Å²) in [5, 5.41) is 20.5. The topological polar surface area (TPSA) is 346 Å². The van der Waals surface area contributed by atoms with Gasteiger partial charge in [-0.15, -0.1) is 0 Å². The van der Waals surface area contributed by atoms with E-state index in [-0.39, 0.29) is 17.1 Å². The highest BCUT2D eigenvalue weighted by molar-refractivity contribution is 7.69. The Morgan fingerprint density at radius 2 is 1.58 bits per heavy atom. The molecular weight excluding hydrogens is 586 g/mol. The predicted molar refractivity (Wildman–Crippen MR) is 109 cm³/mol. The Labute approximate surface area is 197 Å². The second kappa shape index (κ2) is 10.0. The molecule has 0 aliphatic carbocycles. The van der Waals surface area contributed by atoms with Crippen molar-refractivity contribution in [3.8, 4) is 0 Å². The lowest BCUT2D eigenvalue weighted by Gasteiger charge is -2.20. The fourth-order valence-corrected chi connectivity index (χ4v) is 7.30. The van der Waals surface area contributed by atoms with Gasteiger partial charge in [-0.05, 0) is 0 Å². The Kier molecular flexibility index (Phi) is 8.14. The van der Waals surface area contributed by atoms with Crippen LogP contribution in [0, 0.1) is 0 Å². The van der Waals surface area contributed by atoms with Gasteiger partial charge in [-0.1, -0.05) is 0 Å². The second-order valence-corrected chi connectivity index (χ2v) is 12.8. The standard InChI is InChI=1S/C10H17N5O17P4/c11-10-13-7-4(8(18)14-10)12-2-15(7)9-6(17)5(16)3(29-9)1-28-34(22,23)31-36(26,27)32-35(24,25)30-33(19,20)21/h2-3,5-6,9,16-17H,1H2,(H,22,23)(H,24,25)(H,26,27)(H2,19,20,21)(H3,11,13,14,18)/t3-,5?,6?,9-/m1/s1.